The van der Waals surface area contributed by atoms with E-state index in [1.807, 2.05) is 19.1 Å². The Labute approximate surface area is 172 Å². The van der Waals surface area contributed by atoms with Gasteiger partial charge in [-0.3, -0.25) is 4.79 Å². The molecule has 12 nitrogen and oxygen atoms in total. The highest BCUT2D eigenvalue weighted by Gasteiger charge is 2.21. The van der Waals surface area contributed by atoms with E-state index >= 15 is 0 Å². The fourth-order valence-electron chi connectivity index (χ4n) is 3.26. The molecule has 4 bridgehead atoms. The van der Waals surface area contributed by atoms with E-state index in [-0.39, 0.29) is 11.9 Å². The maximum Gasteiger partial charge on any atom is 0.291 e. The van der Waals surface area contributed by atoms with E-state index < -0.39 is 5.91 Å². The molecule has 158 valence electrons. The first-order valence-corrected chi connectivity index (χ1v) is 9.38. The Morgan fingerprint density at radius 3 is 2.87 bits per heavy atom. The van der Waals surface area contributed by atoms with Gasteiger partial charge < -0.3 is 31.4 Å². The molecule has 1 aliphatic rings. The summed E-state index contributed by atoms with van der Waals surface area (Å²) in [5, 5.41) is 23.2. The van der Waals surface area contributed by atoms with Crippen molar-refractivity contribution in [3.63, 3.8) is 0 Å². The maximum absolute atomic E-state index is 12.7. The minimum atomic E-state index is -0.396. The number of aromatic nitrogens is 4. The molecule has 3 heterocycles. The van der Waals surface area contributed by atoms with Crippen molar-refractivity contribution in [2.45, 2.75) is 19.6 Å². The van der Waals surface area contributed by atoms with Crippen LogP contribution in [-0.4, -0.2) is 52.5 Å². The fraction of sp³-hybridized carbons (Fsp3) is 0.333. The Bertz CT molecular complexity index is 1110. The fourth-order valence-corrected chi connectivity index (χ4v) is 3.26. The van der Waals surface area contributed by atoms with E-state index in [1.54, 1.807) is 20.2 Å². The number of carbonyl (C=O) groups is 1. The normalized spacial score (nSPS) is 16.7. The van der Waals surface area contributed by atoms with E-state index in [0.717, 1.165) is 5.56 Å². The van der Waals surface area contributed by atoms with Crippen LogP contribution in [0.1, 0.15) is 23.1 Å². The molecule has 0 aliphatic carbocycles. The van der Waals surface area contributed by atoms with Gasteiger partial charge >= 0.3 is 0 Å². The van der Waals surface area contributed by atoms with Crippen molar-refractivity contribution in [2.75, 3.05) is 42.1 Å². The van der Waals surface area contributed by atoms with Crippen LogP contribution in [0.15, 0.2) is 18.2 Å². The van der Waals surface area contributed by atoms with Gasteiger partial charge in [-0.2, -0.15) is 4.52 Å². The molecule has 7 N–H and O–H groups in total. The smallest absolute Gasteiger partial charge is 0.291 e. The predicted molar refractivity (Wildman–Crippen MR) is 114 cm³/mol. The van der Waals surface area contributed by atoms with Crippen molar-refractivity contribution in [2.24, 2.45) is 5.84 Å². The highest BCUT2D eigenvalue weighted by molar-refractivity contribution is 5.92. The van der Waals surface area contributed by atoms with Crippen molar-refractivity contribution in [1.82, 2.24) is 25.1 Å². The predicted octanol–water partition coefficient (Wildman–Crippen LogP) is 0.450. The van der Waals surface area contributed by atoms with Crippen LogP contribution >= 0.6 is 0 Å². The van der Waals surface area contributed by atoms with Gasteiger partial charge in [-0.25, -0.2) is 5.84 Å². The highest BCUT2D eigenvalue weighted by atomic mass is 16.5. The average molecular weight is 412 g/mol. The van der Waals surface area contributed by atoms with Gasteiger partial charge in [-0.1, -0.05) is 0 Å². The summed E-state index contributed by atoms with van der Waals surface area (Å²) in [5.41, 5.74) is 10.00. The topological polar surface area (TPSA) is 161 Å². The van der Waals surface area contributed by atoms with Crippen LogP contribution in [0.2, 0.25) is 0 Å². The van der Waals surface area contributed by atoms with Gasteiger partial charge in [0.1, 0.15) is 0 Å². The van der Waals surface area contributed by atoms with Crippen molar-refractivity contribution in [3.8, 4) is 0 Å². The number of hydrogen-bond acceptors (Lipinski definition) is 10. The van der Waals surface area contributed by atoms with Crippen molar-refractivity contribution >= 4 is 40.1 Å². The maximum atomic E-state index is 12.7. The summed E-state index contributed by atoms with van der Waals surface area (Å²) in [4.78, 5) is 12.7. The van der Waals surface area contributed by atoms with E-state index in [4.69, 9.17) is 16.3 Å². The zero-order chi connectivity index (χ0) is 21.4. The van der Waals surface area contributed by atoms with Gasteiger partial charge in [0.25, 0.3) is 5.91 Å². The van der Waals surface area contributed by atoms with Crippen LogP contribution in [-0.2, 0) is 11.3 Å². The molecule has 12 heteroatoms. The number of anilines is 5. The molecule has 0 fully saturated rings. The lowest BCUT2D eigenvalue weighted by Crippen LogP contribution is -2.37. The third-order valence-electron chi connectivity index (χ3n) is 4.72. The summed E-state index contributed by atoms with van der Waals surface area (Å²) in [6, 6.07) is 5.26. The minimum absolute atomic E-state index is 0.0677. The Morgan fingerprint density at radius 1 is 1.33 bits per heavy atom. The molecule has 30 heavy (non-hydrogen) atoms. The lowest BCUT2D eigenvalue weighted by molar-refractivity contribution is 0.0810. The van der Waals surface area contributed by atoms with Gasteiger partial charge in [0.05, 0.1) is 36.0 Å². The number of hydrazine groups is 1. The molecule has 0 saturated heterocycles. The van der Waals surface area contributed by atoms with Crippen LogP contribution in [0, 0.1) is 0 Å². The van der Waals surface area contributed by atoms with Crippen molar-refractivity contribution in [3.05, 3.63) is 29.6 Å². The monoisotopic (exact) mass is 412 g/mol. The number of nitrogens with one attached hydrogen (secondary N) is 3. The number of carbonyl (C=O) groups excluding carboxylic acids is 1. The number of nitrogens with two attached hydrogens (primary N) is 2. The molecule has 1 aromatic carbocycles. The highest BCUT2D eigenvalue weighted by Crippen LogP contribution is 2.33. The molecular formula is C18H24N10O2. The first-order chi connectivity index (χ1) is 14.4. The number of nitrogens with zero attached hydrogens (tertiary/aromatic N) is 5. The second kappa shape index (κ2) is 7.65. The summed E-state index contributed by atoms with van der Waals surface area (Å²) in [5.74, 6) is 6.08. The Balaban J connectivity index is 1.90. The second-order valence-corrected chi connectivity index (χ2v) is 7.15. The Kier molecular flexibility index (Phi) is 5.01. The minimum Gasteiger partial charge on any atom is -0.395 e. The lowest BCUT2D eigenvalue weighted by Gasteiger charge is -2.21. The molecule has 2 aromatic heterocycles. The largest absolute Gasteiger partial charge is 0.395 e. The number of amides is 1. The molecule has 1 amide bonds. The number of nitrogen functional groups attached to an aromatic ring is 1. The van der Waals surface area contributed by atoms with Crippen LogP contribution in [0.5, 0.6) is 0 Å². The summed E-state index contributed by atoms with van der Waals surface area (Å²) < 4.78 is 7.17. The summed E-state index contributed by atoms with van der Waals surface area (Å²) in [6.07, 6.45) is 0. The zero-order valence-electron chi connectivity index (χ0n) is 16.9. The van der Waals surface area contributed by atoms with Gasteiger partial charge in [0.2, 0.25) is 11.5 Å². The Morgan fingerprint density at radius 2 is 2.13 bits per heavy atom. The van der Waals surface area contributed by atoms with Crippen molar-refractivity contribution < 1.29 is 9.53 Å². The van der Waals surface area contributed by atoms with E-state index in [0.29, 0.717) is 47.4 Å². The number of ether oxygens (including phenoxy) is 1. The molecule has 3 aromatic rings. The SMILES string of the molecule is CNc1cc2nn3c(nnc13)C(=O)NC(C)COCc1cc(c(N)c(N(C)N)c1)N2. The van der Waals surface area contributed by atoms with E-state index in [1.165, 1.54) is 9.52 Å². The number of benzene rings is 1. The molecule has 1 aliphatic heterocycles. The quantitative estimate of drug-likeness (QED) is 0.227. The standard InChI is InChI=1S/C18H24N10O2/c1-9-7-30-8-10-4-11(15(19)13(5-10)27(3)20)23-14-6-12(21-2)16-24-25-17(18(29)22-9)28(16)26-14/h4-6,9,21H,7-8,19-20H2,1-3H3,(H,22,29)(H,23,26). The van der Waals surface area contributed by atoms with Gasteiger partial charge in [0, 0.05) is 26.2 Å². The molecule has 1 atom stereocenters. The van der Waals surface area contributed by atoms with Crippen LogP contribution in [0.3, 0.4) is 0 Å². The summed E-state index contributed by atoms with van der Waals surface area (Å²) >= 11 is 0. The molecule has 0 radical (unpaired) electrons. The van der Waals surface area contributed by atoms with E-state index in [9.17, 15) is 4.79 Å². The van der Waals surface area contributed by atoms with Crippen molar-refractivity contribution in [1.29, 1.82) is 0 Å². The summed E-state index contributed by atoms with van der Waals surface area (Å²) in [6.45, 7) is 2.48. The number of hydrogen-bond donors (Lipinski definition) is 5. The second-order valence-electron chi connectivity index (χ2n) is 7.15. The third kappa shape index (κ3) is 3.53. The molecule has 0 spiro atoms. The first-order valence-electron chi connectivity index (χ1n) is 9.38. The zero-order valence-corrected chi connectivity index (χ0v) is 16.9. The Hall–Kier alpha value is -3.64. The number of fused-ring (bicyclic) bond motifs is 3. The van der Waals surface area contributed by atoms with Crippen LogP contribution in [0.4, 0.5) is 28.6 Å². The molecule has 0 saturated carbocycles. The molecule has 1 unspecified atom stereocenters. The van der Waals surface area contributed by atoms with Gasteiger partial charge in [0.15, 0.2) is 5.82 Å². The van der Waals surface area contributed by atoms with E-state index in [2.05, 4.69) is 31.2 Å². The van der Waals surface area contributed by atoms with Gasteiger partial charge in [-0.05, 0) is 24.6 Å². The average Bonchev–Trinajstić information content (AvgIpc) is 3.12. The molecule has 4 rings (SSSR count). The molecular weight excluding hydrogens is 388 g/mol. The van der Waals surface area contributed by atoms with Crippen LogP contribution < -0.4 is 32.5 Å². The summed E-state index contributed by atoms with van der Waals surface area (Å²) in [7, 11) is 3.46. The lowest BCUT2D eigenvalue weighted by atomic mass is 10.1. The number of rotatable bonds is 2. The third-order valence-corrected chi connectivity index (χ3v) is 4.72. The van der Waals surface area contributed by atoms with Gasteiger partial charge in [-0.15, -0.1) is 15.3 Å². The van der Waals surface area contributed by atoms with Crippen LogP contribution in [0.25, 0.3) is 5.65 Å². The first kappa shape index (κ1) is 19.7.